The summed E-state index contributed by atoms with van der Waals surface area (Å²) >= 11 is 0. The summed E-state index contributed by atoms with van der Waals surface area (Å²) in [6.45, 7) is 4.13. The number of hydrogen-bond donors (Lipinski definition) is 1. The van der Waals surface area contributed by atoms with E-state index in [1.54, 1.807) is 0 Å². The maximum absolute atomic E-state index is 11.1. The molecule has 26 heavy (non-hydrogen) atoms. The monoisotopic (exact) mass is 400 g/mol. The zero-order valence-corrected chi connectivity index (χ0v) is 20.4. The summed E-state index contributed by atoms with van der Waals surface area (Å²) in [7, 11) is -4.17. The van der Waals surface area contributed by atoms with E-state index in [0.29, 0.717) is 25.7 Å². The third-order valence-electron chi connectivity index (χ3n) is 4.97. The van der Waals surface area contributed by atoms with Crippen molar-refractivity contribution < 1.29 is 47.6 Å². The molecule has 0 amide bonds. The van der Waals surface area contributed by atoms with E-state index in [1.807, 2.05) is 6.92 Å². The first-order valence-corrected chi connectivity index (χ1v) is 12.0. The predicted octanol–water partition coefficient (Wildman–Crippen LogP) is 2.55. The molecule has 6 heteroatoms. The van der Waals surface area contributed by atoms with Crippen molar-refractivity contribution in [1.82, 2.24) is 0 Å². The van der Waals surface area contributed by atoms with E-state index in [9.17, 15) is 18.1 Å². The zero-order valence-electron chi connectivity index (χ0n) is 17.5. The quantitative estimate of drug-likeness (QED) is 0.218. The third-order valence-corrected chi connectivity index (χ3v) is 6.26. The molecule has 0 aromatic heterocycles. The van der Waals surface area contributed by atoms with Crippen LogP contribution in [0.3, 0.4) is 0 Å². The van der Waals surface area contributed by atoms with Crippen molar-refractivity contribution >= 4 is 10.1 Å². The van der Waals surface area contributed by atoms with E-state index in [0.717, 1.165) is 25.7 Å². The second-order valence-electron chi connectivity index (χ2n) is 7.46. The van der Waals surface area contributed by atoms with Gasteiger partial charge in [-0.1, -0.05) is 90.9 Å². The van der Waals surface area contributed by atoms with Gasteiger partial charge in [0.15, 0.2) is 0 Å². The second-order valence-corrected chi connectivity index (χ2v) is 9.11. The molecular formula is C20H41NaO4S. The van der Waals surface area contributed by atoms with Crippen LogP contribution in [0.1, 0.15) is 117 Å². The van der Waals surface area contributed by atoms with Crippen molar-refractivity contribution in [3.05, 3.63) is 0 Å². The molecule has 2 atom stereocenters. The Morgan fingerprint density at radius 2 is 1.12 bits per heavy atom. The first-order valence-electron chi connectivity index (χ1n) is 10.5. The summed E-state index contributed by atoms with van der Waals surface area (Å²) in [4.78, 5) is 0. The molecule has 0 aliphatic carbocycles. The first kappa shape index (κ1) is 29.1. The standard InChI is InChI=1S/C20H42O4S.Na/c1-3-5-6-7-8-9-10-11-12-16-19(21)17-13-14-18-20(15-4-2)25(22,23)24;/h19-21H,3-18H2,1-2H3,(H,22,23,24);/q;+1/p-1. The van der Waals surface area contributed by atoms with Crippen LogP contribution in [0.5, 0.6) is 0 Å². The molecule has 1 N–H and O–H groups in total. The molecule has 0 fully saturated rings. The number of unbranched alkanes of at least 4 members (excludes halogenated alkanes) is 9. The van der Waals surface area contributed by atoms with Gasteiger partial charge in [0.05, 0.1) is 16.2 Å². The Kier molecular flexibility index (Phi) is 21.5. The molecule has 152 valence electrons. The molecule has 0 radical (unpaired) electrons. The first-order chi connectivity index (χ1) is 11.9. The average molecular weight is 401 g/mol. The van der Waals surface area contributed by atoms with Crippen LogP contribution < -0.4 is 29.6 Å². The van der Waals surface area contributed by atoms with E-state index >= 15 is 0 Å². The fourth-order valence-corrected chi connectivity index (χ4v) is 4.32. The number of aliphatic hydroxyl groups is 1. The molecule has 0 heterocycles. The van der Waals surface area contributed by atoms with Crippen molar-refractivity contribution in [2.75, 3.05) is 0 Å². The van der Waals surface area contributed by atoms with Crippen molar-refractivity contribution in [1.29, 1.82) is 0 Å². The Labute approximate surface area is 185 Å². The number of hydrogen-bond acceptors (Lipinski definition) is 4. The minimum Gasteiger partial charge on any atom is -0.748 e. The van der Waals surface area contributed by atoms with Crippen molar-refractivity contribution in [2.24, 2.45) is 0 Å². The van der Waals surface area contributed by atoms with Crippen LogP contribution in [-0.2, 0) is 10.1 Å². The summed E-state index contributed by atoms with van der Waals surface area (Å²) in [5.74, 6) is 0. The SMILES string of the molecule is CCCCCCCCCCCC(O)CCCCC(CCC)S(=O)(=O)[O-].[Na+]. The van der Waals surface area contributed by atoms with Crippen LogP contribution >= 0.6 is 0 Å². The van der Waals surface area contributed by atoms with Gasteiger partial charge in [-0.15, -0.1) is 0 Å². The molecule has 4 nitrogen and oxygen atoms in total. The summed E-state index contributed by atoms with van der Waals surface area (Å²) in [6.07, 6.45) is 15.9. The molecule has 0 aliphatic heterocycles. The summed E-state index contributed by atoms with van der Waals surface area (Å²) in [6, 6.07) is 0. The maximum Gasteiger partial charge on any atom is 1.00 e. The van der Waals surface area contributed by atoms with Crippen LogP contribution in [0.15, 0.2) is 0 Å². The Hall–Kier alpha value is 0.870. The van der Waals surface area contributed by atoms with Crippen molar-refractivity contribution in [3.63, 3.8) is 0 Å². The molecule has 0 rings (SSSR count). The Bertz CT molecular complexity index is 387. The van der Waals surface area contributed by atoms with Crippen LogP contribution in [0.25, 0.3) is 0 Å². The largest absolute Gasteiger partial charge is 1.00 e. The van der Waals surface area contributed by atoms with E-state index in [-0.39, 0.29) is 35.7 Å². The Morgan fingerprint density at radius 1 is 0.692 bits per heavy atom. The zero-order chi connectivity index (χ0) is 19.0. The van der Waals surface area contributed by atoms with E-state index < -0.39 is 15.4 Å². The fourth-order valence-electron chi connectivity index (χ4n) is 3.34. The molecule has 0 bridgehead atoms. The normalized spacial score (nSPS) is 14.0. The number of rotatable bonds is 18. The smallest absolute Gasteiger partial charge is 0.748 e. The summed E-state index contributed by atoms with van der Waals surface area (Å²) in [5, 5.41) is 9.25. The van der Waals surface area contributed by atoms with E-state index in [4.69, 9.17) is 0 Å². The molecule has 0 spiro atoms. The van der Waals surface area contributed by atoms with Gasteiger partial charge < -0.3 is 9.66 Å². The average Bonchev–Trinajstić information content (AvgIpc) is 2.55. The van der Waals surface area contributed by atoms with Gasteiger partial charge in [-0.05, 0) is 25.7 Å². The maximum atomic E-state index is 11.1. The molecular weight excluding hydrogens is 359 g/mol. The van der Waals surface area contributed by atoms with Crippen LogP contribution in [-0.4, -0.2) is 29.4 Å². The topological polar surface area (TPSA) is 77.4 Å². The Balaban J connectivity index is 0. The minimum absolute atomic E-state index is 0. The molecule has 0 aromatic carbocycles. The van der Waals surface area contributed by atoms with E-state index in [2.05, 4.69) is 6.92 Å². The Morgan fingerprint density at radius 3 is 1.58 bits per heavy atom. The van der Waals surface area contributed by atoms with Gasteiger partial charge in [-0.2, -0.15) is 0 Å². The van der Waals surface area contributed by atoms with Crippen molar-refractivity contribution in [3.8, 4) is 0 Å². The molecule has 2 unspecified atom stereocenters. The van der Waals surface area contributed by atoms with Gasteiger partial charge in [-0.25, -0.2) is 8.42 Å². The summed E-state index contributed by atoms with van der Waals surface area (Å²) < 4.78 is 33.4. The van der Waals surface area contributed by atoms with Crippen LogP contribution in [0, 0.1) is 0 Å². The molecule has 0 saturated heterocycles. The van der Waals surface area contributed by atoms with Gasteiger partial charge in [-0.3, -0.25) is 0 Å². The van der Waals surface area contributed by atoms with Gasteiger partial charge in [0.25, 0.3) is 0 Å². The fraction of sp³-hybridized carbons (Fsp3) is 1.00. The van der Waals surface area contributed by atoms with Crippen LogP contribution in [0.2, 0.25) is 0 Å². The predicted molar refractivity (Wildman–Crippen MR) is 105 cm³/mol. The van der Waals surface area contributed by atoms with Gasteiger partial charge in [0.2, 0.25) is 0 Å². The molecule has 0 aliphatic rings. The van der Waals surface area contributed by atoms with Crippen LogP contribution in [0.4, 0.5) is 0 Å². The van der Waals surface area contributed by atoms with E-state index in [1.165, 1.54) is 51.4 Å². The second kappa shape index (κ2) is 19.2. The van der Waals surface area contributed by atoms with Gasteiger partial charge in [0, 0.05) is 5.25 Å². The van der Waals surface area contributed by atoms with Gasteiger partial charge in [0.1, 0.15) is 0 Å². The summed E-state index contributed by atoms with van der Waals surface area (Å²) in [5.41, 5.74) is 0. The van der Waals surface area contributed by atoms with Gasteiger partial charge >= 0.3 is 29.6 Å². The van der Waals surface area contributed by atoms with Crippen molar-refractivity contribution in [2.45, 2.75) is 128 Å². The minimum atomic E-state index is -4.17. The third kappa shape index (κ3) is 18.2. The molecule has 0 aromatic rings. The molecule has 0 saturated carbocycles. The number of aliphatic hydroxyl groups excluding tert-OH is 1.